The number of aryl methyl sites for hydroxylation is 1. The van der Waals surface area contributed by atoms with E-state index in [9.17, 15) is 13.2 Å². The van der Waals surface area contributed by atoms with Crippen molar-refractivity contribution in [1.29, 1.82) is 0 Å². The maximum absolute atomic E-state index is 12.8. The Morgan fingerprint density at radius 3 is 2.72 bits per heavy atom. The van der Waals surface area contributed by atoms with Crippen LogP contribution in [0.25, 0.3) is 11.2 Å². The minimum absolute atomic E-state index is 0.122. The third-order valence-electron chi connectivity index (χ3n) is 2.39. The van der Waals surface area contributed by atoms with Crippen LogP contribution in [-0.4, -0.2) is 21.1 Å². The number of hydrogen-bond acceptors (Lipinski definition) is 3. The molecule has 0 bridgehead atoms. The van der Waals surface area contributed by atoms with E-state index < -0.39 is 12.0 Å². The molecule has 0 saturated heterocycles. The third kappa shape index (κ3) is 2.41. The van der Waals surface area contributed by atoms with Crippen LogP contribution in [0.15, 0.2) is 12.3 Å². The largest absolute Gasteiger partial charge is 0.449 e. The number of halogens is 4. The Bertz CT molecular complexity index is 564. The van der Waals surface area contributed by atoms with Gasteiger partial charge in [0.1, 0.15) is 5.52 Å². The van der Waals surface area contributed by atoms with Crippen molar-refractivity contribution in [3.63, 3.8) is 0 Å². The molecule has 0 aliphatic heterocycles. The summed E-state index contributed by atoms with van der Waals surface area (Å²) in [6.45, 7) is 0.418. The number of fused-ring (bicyclic) bond motifs is 1. The number of hydrogen-bond donors (Lipinski definition) is 1. The SMILES string of the molecule is NCCCn1c(C(F)(F)F)nc2cc(Cl)cnc21. The summed E-state index contributed by atoms with van der Waals surface area (Å²) < 4.78 is 39.5. The Morgan fingerprint density at radius 1 is 1.39 bits per heavy atom. The van der Waals surface area contributed by atoms with Gasteiger partial charge >= 0.3 is 6.18 Å². The molecule has 0 spiro atoms. The van der Waals surface area contributed by atoms with Gasteiger partial charge in [-0.25, -0.2) is 9.97 Å². The number of alkyl halides is 3. The lowest BCUT2D eigenvalue weighted by atomic mass is 10.4. The molecule has 0 unspecified atom stereocenters. The van der Waals surface area contributed by atoms with Crippen molar-refractivity contribution in [3.05, 3.63) is 23.1 Å². The maximum Gasteiger partial charge on any atom is 0.449 e. The molecule has 2 N–H and O–H groups in total. The molecule has 0 fully saturated rings. The van der Waals surface area contributed by atoms with Crippen molar-refractivity contribution in [1.82, 2.24) is 14.5 Å². The fraction of sp³-hybridized carbons (Fsp3) is 0.400. The van der Waals surface area contributed by atoms with E-state index in [2.05, 4.69) is 9.97 Å². The van der Waals surface area contributed by atoms with Gasteiger partial charge in [0.05, 0.1) is 5.02 Å². The highest BCUT2D eigenvalue weighted by Gasteiger charge is 2.37. The average Bonchev–Trinajstić information content (AvgIpc) is 2.63. The van der Waals surface area contributed by atoms with E-state index in [1.807, 2.05) is 0 Å². The van der Waals surface area contributed by atoms with Gasteiger partial charge < -0.3 is 10.3 Å². The Kier molecular flexibility index (Phi) is 3.45. The van der Waals surface area contributed by atoms with Gasteiger partial charge in [-0.3, -0.25) is 0 Å². The summed E-state index contributed by atoms with van der Waals surface area (Å²) in [4.78, 5) is 7.44. The van der Waals surface area contributed by atoms with Gasteiger partial charge in [0, 0.05) is 12.7 Å². The Hall–Kier alpha value is -1.34. The molecule has 2 rings (SSSR count). The molecule has 8 heteroatoms. The highest BCUT2D eigenvalue weighted by atomic mass is 35.5. The second kappa shape index (κ2) is 4.74. The molecular weight excluding hydrogens is 269 g/mol. The summed E-state index contributed by atoms with van der Waals surface area (Å²) in [6.07, 6.45) is -2.81. The molecule has 0 aliphatic rings. The predicted molar refractivity (Wildman–Crippen MR) is 61.2 cm³/mol. The molecule has 2 aromatic heterocycles. The highest BCUT2D eigenvalue weighted by Crippen LogP contribution is 2.31. The molecule has 0 aromatic carbocycles. The average molecular weight is 279 g/mol. The van der Waals surface area contributed by atoms with E-state index in [0.717, 1.165) is 4.57 Å². The van der Waals surface area contributed by atoms with Crippen LogP contribution in [-0.2, 0) is 12.7 Å². The van der Waals surface area contributed by atoms with Gasteiger partial charge in [-0.05, 0) is 19.0 Å². The Morgan fingerprint density at radius 2 is 2.11 bits per heavy atom. The minimum Gasteiger partial charge on any atom is -0.330 e. The van der Waals surface area contributed by atoms with Gasteiger partial charge in [0.25, 0.3) is 0 Å². The van der Waals surface area contributed by atoms with E-state index in [4.69, 9.17) is 17.3 Å². The fourth-order valence-corrected chi connectivity index (χ4v) is 1.82. The number of nitrogens with zero attached hydrogens (tertiary/aromatic N) is 3. The second-order valence-corrected chi connectivity index (χ2v) is 4.16. The summed E-state index contributed by atoms with van der Waals surface area (Å²) >= 11 is 5.69. The van der Waals surface area contributed by atoms with Crippen LogP contribution >= 0.6 is 11.6 Å². The van der Waals surface area contributed by atoms with Gasteiger partial charge in [0.2, 0.25) is 5.82 Å². The molecule has 18 heavy (non-hydrogen) atoms. The van der Waals surface area contributed by atoms with Crippen LogP contribution in [0.2, 0.25) is 5.02 Å². The summed E-state index contributed by atoms with van der Waals surface area (Å²) in [5, 5.41) is 0.250. The summed E-state index contributed by atoms with van der Waals surface area (Å²) in [5.41, 5.74) is 5.61. The van der Waals surface area contributed by atoms with Crippen molar-refractivity contribution in [2.75, 3.05) is 6.54 Å². The van der Waals surface area contributed by atoms with Crippen LogP contribution in [0, 0.1) is 0 Å². The third-order valence-corrected chi connectivity index (χ3v) is 2.60. The lowest BCUT2D eigenvalue weighted by molar-refractivity contribution is -0.147. The fourth-order valence-electron chi connectivity index (χ4n) is 1.66. The lowest BCUT2D eigenvalue weighted by Gasteiger charge is -2.09. The molecular formula is C10H10ClF3N4. The first-order chi connectivity index (χ1) is 8.43. The minimum atomic E-state index is -4.53. The topological polar surface area (TPSA) is 56.7 Å². The number of aromatic nitrogens is 3. The standard InChI is InChI=1S/C10H10ClF3N4/c11-6-4-7-8(16-5-6)18(3-1-2-15)9(17-7)10(12,13)14/h4-5H,1-3,15H2. The van der Waals surface area contributed by atoms with Crippen LogP contribution in [0.4, 0.5) is 13.2 Å². The predicted octanol–water partition coefficient (Wildman–Crippen LogP) is 2.45. The van der Waals surface area contributed by atoms with Gasteiger partial charge in [-0.1, -0.05) is 11.6 Å². The zero-order chi connectivity index (χ0) is 13.3. The quantitative estimate of drug-likeness (QED) is 0.938. The molecule has 0 saturated carbocycles. The first kappa shape index (κ1) is 13.1. The number of imidazole rings is 1. The molecule has 4 nitrogen and oxygen atoms in total. The molecule has 0 radical (unpaired) electrons. The zero-order valence-corrected chi connectivity index (χ0v) is 9.96. The van der Waals surface area contributed by atoms with Crippen molar-refractivity contribution in [3.8, 4) is 0 Å². The van der Waals surface area contributed by atoms with Crippen LogP contribution < -0.4 is 5.73 Å². The van der Waals surface area contributed by atoms with Gasteiger partial charge in [-0.15, -0.1) is 0 Å². The first-order valence-corrected chi connectivity index (χ1v) is 5.60. The van der Waals surface area contributed by atoms with E-state index in [1.165, 1.54) is 12.3 Å². The van der Waals surface area contributed by atoms with Crippen LogP contribution in [0.3, 0.4) is 0 Å². The monoisotopic (exact) mass is 278 g/mol. The highest BCUT2D eigenvalue weighted by molar-refractivity contribution is 6.31. The molecule has 0 atom stereocenters. The van der Waals surface area contributed by atoms with Crippen LogP contribution in [0.1, 0.15) is 12.2 Å². The summed E-state index contributed by atoms with van der Waals surface area (Å²) in [6, 6.07) is 1.36. The maximum atomic E-state index is 12.8. The Labute approximate surface area is 106 Å². The van der Waals surface area contributed by atoms with E-state index >= 15 is 0 Å². The summed E-state index contributed by atoms with van der Waals surface area (Å²) in [7, 11) is 0. The van der Waals surface area contributed by atoms with Crippen LogP contribution in [0.5, 0.6) is 0 Å². The normalized spacial score (nSPS) is 12.3. The second-order valence-electron chi connectivity index (χ2n) is 3.72. The lowest BCUT2D eigenvalue weighted by Crippen LogP contribution is -2.16. The first-order valence-electron chi connectivity index (χ1n) is 5.22. The molecule has 2 heterocycles. The molecule has 0 aliphatic carbocycles. The zero-order valence-electron chi connectivity index (χ0n) is 9.21. The number of nitrogens with two attached hydrogens (primary N) is 1. The molecule has 2 aromatic rings. The summed E-state index contributed by atoms with van der Waals surface area (Å²) in [5.74, 6) is -0.972. The molecule has 98 valence electrons. The van der Waals surface area contributed by atoms with E-state index in [0.29, 0.717) is 13.0 Å². The number of rotatable bonds is 3. The van der Waals surface area contributed by atoms with Crippen molar-refractivity contribution in [2.45, 2.75) is 19.1 Å². The van der Waals surface area contributed by atoms with Crippen molar-refractivity contribution < 1.29 is 13.2 Å². The van der Waals surface area contributed by atoms with E-state index in [-0.39, 0.29) is 22.7 Å². The smallest absolute Gasteiger partial charge is 0.330 e. The van der Waals surface area contributed by atoms with E-state index in [1.54, 1.807) is 0 Å². The van der Waals surface area contributed by atoms with Crippen molar-refractivity contribution >= 4 is 22.8 Å². The van der Waals surface area contributed by atoms with Crippen molar-refractivity contribution in [2.24, 2.45) is 5.73 Å². The Balaban J connectivity index is 2.60. The number of pyridine rings is 1. The molecule has 0 amide bonds. The van der Waals surface area contributed by atoms with Gasteiger partial charge in [0.15, 0.2) is 5.65 Å². The van der Waals surface area contributed by atoms with Gasteiger partial charge in [-0.2, -0.15) is 13.2 Å².